The van der Waals surface area contributed by atoms with Crippen molar-refractivity contribution in [3.05, 3.63) is 40.6 Å². The average Bonchev–Trinajstić information content (AvgIpc) is 2.79. The molecular weight excluding hydrogens is 238 g/mol. The smallest absolute Gasteiger partial charge is 0.151 e. The molecule has 5 nitrogen and oxygen atoms in total. The minimum absolute atomic E-state index is 0.212. The van der Waals surface area contributed by atoms with Crippen LogP contribution in [0.2, 0.25) is 5.15 Å². The number of nitriles is 1. The minimum Gasteiger partial charge on any atom is -0.387 e. The number of hydrogen-bond acceptors (Lipinski definition) is 5. The van der Waals surface area contributed by atoms with Crippen LogP contribution < -0.4 is 11.1 Å². The number of hydrogen-bond donors (Lipinski definition) is 2. The molecule has 1 fully saturated rings. The first-order valence-electron chi connectivity index (χ1n) is 5.20. The number of nitrogens with zero attached hydrogens (tertiary/aromatic N) is 3. The van der Waals surface area contributed by atoms with Crippen molar-refractivity contribution >= 4 is 11.6 Å². The van der Waals surface area contributed by atoms with Crippen molar-refractivity contribution in [1.29, 1.82) is 5.26 Å². The normalized spacial score (nSPS) is 17.5. The molecule has 0 atom stereocenters. The molecule has 0 amide bonds. The van der Waals surface area contributed by atoms with Gasteiger partial charge in [0.2, 0.25) is 0 Å². The highest BCUT2D eigenvalue weighted by Gasteiger charge is 2.19. The predicted octanol–water partition coefficient (Wildman–Crippen LogP) is 0.792. The molecule has 0 bridgehead atoms. The molecule has 0 radical (unpaired) electrons. The third-order valence-electron chi connectivity index (χ3n) is 2.53. The van der Waals surface area contributed by atoms with Crippen LogP contribution in [0.1, 0.15) is 5.56 Å². The fraction of sp³-hybridized carbons (Fsp3) is 0.273. The van der Waals surface area contributed by atoms with Gasteiger partial charge in [-0.1, -0.05) is 17.7 Å². The average molecular weight is 250 g/mol. The van der Waals surface area contributed by atoms with E-state index < -0.39 is 0 Å². The zero-order valence-electron chi connectivity index (χ0n) is 9.15. The molecule has 6 heteroatoms. The molecule has 0 saturated carbocycles. The molecule has 1 aliphatic rings. The van der Waals surface area contributed by atoms with Crippen LogP contribution in [-0.4, -0.2) is 23.0 Å². The molecule has 0 unspecified atom stereocenters. The number of nitrogens with two attached hydrogens (primary N) is 1. The van der Waals surface area contributed by atoms with E-state index in [1.807, 2.05) is 17.0 Å². The Kier molecular flexibility index (Phi) is 3.35. The zero-order valence-corrected chi connectivity index (χ0v) is 9.91. The second-order valence-electron chi connectivity index (χ2n) is 3.71. The predicted molar refractivity (Wildman–Crippen MR) is 64.5 cm³/mol. The van der Waals surface area contributed by atoms with Crippen LogP contribution in [0.25, 0.3) is 0 Å². The highest BCUT2D eigenvalue weighted by Crippen LogP contribution is 2.15. The maximum Gasteiger partial charge on any atom is 0.151 e. The van der Waals surface area contributed by atoms with Gasteiger partial charge in [-0.05, 0) is 11.6 Å². The van der Waals surface area contributed by atoms with Gasteiger partial charge >= 0.3 is 0 Å². The Balaban J connectivity index is 2.14. The Labute approximate surface area is 104 Å². The number of rotatable bonds is 2. The summed E-state index contributed by atoms with van der Waals surface area (Å²) >= 11 is 5.72. The van der Waals surface area contributed by atoms with Gasteiger partial charge in [0.25, 0.3) is 0 Å². The second kappa shape index (κ2) is 4.93. The van der Waals surface area contributed by atoms with Crippen LogP contribution in [0, 0.1) is 11.3 Å². The summed E-state index contributed by atoms with van der Waals surface area (Å²) in [6.45, 7) is 2.27. The Bertz CT molecular complexity index is 474. The molecule has 17 heavy (non-hydrogen) atoms. The molecule has 0 spiro atoms. The fourth-order valence-electron chi connectivity index (χ4n) is 1.73. The van der Waals surface area contributed by atoms with Gasteiger partial charge < -0.3 is 16.0 Å². The lowest BCUT2D eigenvalue weighted by Gasteiger charge is -2.18. The summed E-state index contributed by atoms with van der Waals surface area (Å²) < 4.78 is 0. The Hall–Kier alpha value is -1.93. The van der Waals surface area contributed by atoms with E-state index in [9.17, 15) is 0 Å². The van der Waals surface area contributed by atoms with Crippen molar-refractivity contribution < 1.29 is 0 Å². The van der Waals surface area contributed by atoms with Crippen molar-refractivity contribution in [2.24, 2.45) is 5.73 Å². The van der Waals surface area contributed by atoms with Gasteiger partial charge in [0.05, 0.1) is 0 Å². The summed E-state index contributed by atoms with van der Waals surface area (Å²) in [5, 5.41) is 12.4. The van der Waals surface area contributed by atoms with E-state index in [4.69, 9.17) is 22.6 Å². The topological polar surface area (TPSA) is 78.0 Å². The maximum atomic E-state index is 8.79. The van der Waals surface area contributed by atoms with Crippen molar-refractivity contribution in [2.75, 3.05) is 13.1 Å². The number of halogens is 1. The van der Waals surface area contributed by atoms with Crippen LogP contribution in [0.5, 0.6) is 0 Å². The van der Waals surface area contributed by atoms with Gasteiger partial charge in [-0.15, -0.1) is 0 Å². The summed E-state index contributed by atoms with van der Waals surface area (Å²) in [5.74, 6) is 0.697. The molecule has 1 aromatic heterocycles. The van der Waals surface area contributed by atoms with E-state index in [0.29, 0.717) is 17.5 Å². The lowest BCUT2D eigenvalue weighted by atomic mass is 10.2. The Morgan fingerprint density at radius 2 is 2.47 bits per heavy atom. The quantitative estimate of drug-likeness (QED) is 0.599. The van der Waals surface area contributed by atoms with Gasteiger partial charge in [0, 0.05) is 25.8 Å². The third-order valence-corrected chi connectivity index (χ3v) is 2.75. The largest absolute Gasteiger partial charge is 0.387 e. The first-order valence-corrected chi connectivity index (χ1v) is 5.57. The molecular formula is C11H12ClN5. The Morgan fingerprint density at radius 1 is 1.65 bits per heavy atom. The highest BCUT2D eigenvalue weighted by molar-refractivity contribution is 6.29. The van der Waals surface area contributed by atoms with E-state index in [0.717, 1.165) is 18.7 Å². The van der Waals surface area contributed by atoms with E-state index in [1.165, 1.54) is 0 Å². The maximum absolute atomic E-state index is 8.79. The first-order chi connectivity index (χ1) is 8.20. The van der Waals surface area contributed by atoms with Crippen LogP contribution in [-0.2, 0) is 6.54 Å². The molecule has 1 aliphatic heterocycles. The van der Waals surface area contributed by atoms with Gasteiger partial charge in [-0.2, -0.15) is 5.26 Å². The van der Waals surface area contributed by atoms with E-state index in [-0.39, 0.29) is 5.70 Å². The second-order valence-corrected chi connectivity index (χ2v) is 4.10. The van der Waals surface area contributed by atoms with Gasteiger partial charge in [0.1, 0.15) is 17.0 Å². The summed E-state index contributed by atoms with van der Waals surface area (Å²) in [5.41, 5.74) is 6.87. The van der Waals surface area contributed by atoms with Crippen LogP contribution >= 0.6 is 11.6 Å². The van der Waals surface area contributed by atoms with Gasteiger partial charge in [0.15, 0.2) is 5.70 Å². The van der Waals surface area contributed by atoms with E-state index >= 15 is 0 Å². The number of aromatic nitrogens is 1. The monoisotopic (exact) mass is 249 g/mol. The van der Waals surface area contributed by atoms with Crippen LogP contribution in [0.4, 0.5) is 0 Å². The molecule has 2 heterocycles. The molecule has 0 aliphatic carbocycles. The van der Waals surface area contributed by atoms with Crippen molar-refractivity contribution in [2.45, 2.75) is 6.54 Å². The molecule has 0 aromatic carbocycles. The Morgan fingerprint density at radius 3 is 3.12 bits per heavy atom. The fourth-order valence-corrected chi connectivity index (χ4v) is 1.84. The summed E-state index contributed by atoms with van der Waals surface area (Å²) in [7, 11) is 0. The zero-order chi connectivity index (χ0) is 12.3. The summed E-state index contributed by atoms with van der Waals surface area (Å²) in [6.07, 6.45) is 1.72. The first kappa shape index (κ1) is 11.6. The molecule has 1 saturated heterocycles. The SMILES string of the molecule is N#C/C(N)=C1\NCCN1Cc1ccc(Cl)nc1. The standard InChI is InChI=1S/C11H12ClN5/c12-10-2-1-8(6-16-10)7-17-4-3-15-11(17)9(14)5-13/h1-2,6,15H,3-4,7,14H2/b11-9-. The lowest BCUT2D eigenvalue weighted by Crippen LogP contribution is -2.23. The number of pyridine rings is 1. The number of allylic oxidation sites excluding steroid dienone is 1. The summed E-state index contributed by atoms with van der Waals surface area (Å²) in [6, 6.07) is 5.61. The molecule has 1 aromatic rings. The third kappa shape index (κ3) is 2.60. The molecule has 2 rings (SSSR count). The summed E-state index contributed by atoms with van der Waals surface area (Å²) in [4.78, 5) is 6.03. The van der Waals surface area contributed by atoms with E-state index in [2.05, 4.69) is 10.3 Å². The van der Waals surface area contributed by atoms with Crippen LogP contribution in [0.3, 0.4) is 0 Å². The number of nitrogens with one attached hydrogen (secondary N) is 1. The van der Waals surface area contributed by atoms with Crippen molar-refractivity contribution in [3.63, 3.8) is 0 Å². The minimum atomic E-state index is 0.212. The highest BCUT2D eigenvalue weighted by atomic mass is 35.5. The van der Waals surface area contributed by atoms with Crippen LogP contribution in [0.15, 0.2) is 29.8 Å². The van der Waals surface area contributed by atoms with Crippen molar-refractivity contribution in [3.8, 4) is 6.07 Å². The van der Waals surface area contributed by atoms with Gasteiger partial charge in [-0.3, -0.25) is 0 Å². The van der Waals surface area contributed by atoms with Gasteiger partial charge in [-0.25, -0.2) is 4.98 Å². The lowest BCUT2D eigenvalue weighted by molar-refractivity contribution is 0.385. The molecule has 3 N–H and O–H groups in total. The van der Waals surface area contributed by atoms with Crippen molar-refractivity contribution in [1.82, 2.24) is 15.2 Å². The molecule has 88 valence electrons. The van der Waals surface area contributed by atoms with E-state index in [1.54, 1.807) is 12.3 Å².